The minimum Gasteiger partial charge on any atom is -0.489 e. The molecule has 0 saturated carbocycles. The van der Waals surface area contributed by atoms with E-state index in [9.17, 15) is 9.18 Å². The molecule has 5 heteroatoms. The summed E-state index contributed by atoms with van der Waals surface area (Å²) < 4.78 is 18.8. The maximum absolute atomic E-state index is 13.2. The molecule has 3 rings (SSSR count). The van der Waals surface area contributed by atoms with E-state index in [1.165, 1.54) is 12.1 Å². The van der Waals surface area contributed by atoms with Gasteiger partial charge in [0.25, 0.3) is 5.91 Å². The number of carbonyl (C=O) groups is 1. The van der Waals surface area contributed by atoms with Crippen LogP contribution < -0.4 is 10.5 Å². The van der Waals surface area contributed by atoms with Gasteiger partial charge in [-0.25, -0.2) is 4.39 Å². The summed E-state index contributed by atoms with van der Waals surface area (Å²) >= 11 is 0. The molecule has 132 valence electrons. The molecule has 4 nitrogen and oxygen atoms in total. The summed E-state index contributed by atoms with van der Waals surface area (Å²) in [5.41, 5.74) is 7.26. The lowest BCUT2D eigenvalue weighted by atomic mass is 10.1. The Balaban J connectivity index is 1.68. The maximum Gasteiger partial charge on any atom is 0.254 e. The van der Waals surface area contributed by atoms with Gasteiger partial charge >= 0.3 is 0 Å². The lowest BCUT2D eigenvalue weighted by Crippen LogP contribution is -2.34. The fourth-order valence-corrected chi connectivity index (χ4v) is 3.28. The zero-order valence-electron chi connectivity index (χ0n) is 14.3. The van der Waals surface area contributed by atoms with Crippen molar-refractivity contribution in [3.05, 3.63) is 65.5 Å². The molecule has 1 heterocycles. The summed E-state index contributed by atoms with van der Waals surface area (Å²) in [6, 6.07) is 13.6. The highest BCUT2D eigenvalue weighted by Crippen LogP contribution is 2.24. The van der Waals surface area contributed by atoms with Gasteiger partial charge in [0.2, 0.25) is 0 Å². The molecule has 2 aromatic carbocycles. The quantitative estimate of drug-likeness (QED) is 0.908. The van der Waals surface area contributed by atoms with Gasteiger partial charge in [0, 0.05) is 24.2 Å². The predicted molar refractivity (Wildman–Crippen MR) is 94.8 cm³/mol. The molecule has 0 radical (unpaired) electrons. The lowest BCUT2D eigenvalue weighted by molar-refractivity contribution is 0.0743. The van der Waals surface area contributed by atoms with Crippen LogP contribution in [0.1, 0.15) is 29.3 Å². The number of amides is 1. The van der Waals surface area contributed by atoms with Crippen LogP contribution in [0.4, 0.5) is 4.39 Å². The Morgan fingerprint density at radius 2 is 2.08 bits per heavy atom. The summed E-state index contributed by atoms with van der Waals surface area (Å²) in [6.07, 6.45) is 0.949. The highest BCUT2D eigenvalue weighted by atomic mass is 19.1. The van der Waals surface area contributed by atoms with Crippen molar-refractivity contribution in [3.63, 3.8) is 0 Å². The Labute approximate surface area is 147 Å². The average Bonchev–Trinajstić information content (AvgIpc) is 3.00. The fraction of sp³-hybridized carbons (Fsp3) is 0.350. The van der Waals surface area contributed by atoms with Gasteiger partial charge in [-0.1, -0.05) is 18.2 Å². The molecule has 1 amide bonds. The second-order valence-corrected chi connectivity index (χ2v) is 6.59. The monoisotopic (exact) mass is 342 g/mol. The van der Waals surface area contributed by atoms with Gasteiger partial charge in [-0.05, 0) is 55.6 Å². The number of nitrogens with zero attached hydrogens (tertiary/aromatic N) is 1. The van der Waals surface area contributed by atoms with E-state index in [0.29, 0.717) is 30.3 Å². The zero-order valence-corrected chi connectivity index (χ0v) is 14.3. The van der Waals surface area contributed by atoms with Crippen LogP contribution in [-0.4, -0.2) is 29.9 Å². The first-order valence-corrected chi connectivity index (χ1v) is 8.55. The first-order valence-electron chi connectivity index (χ1n) is 8.55. The molecule has 0 aliphatic carbocycles. The first kappa shape index (κ1) is 17.4. The van der Waals surface area contributed by atoms with E-state index in [1.54, 1.807) is 12.1 Å². The molecule has 0 spiro atoms. The average molecular weight is 342 g/mol. The number of nitrogens with two attached hydrogens (primary N) is 1. The second kappa shape index (κ2) is 7.66. The summed E-state index contributed by atoms with van der Waals surface area (Å²) in [6.45, 7) is 3.66. The molecule has 1 aliphatic rings. The van der Waals surface area contributed by atoms with Gasteiger partial charge in [0.1, 0.15) is 18.2 Å². The van der Waals surface area contributed by atoms with Crippen molar-refractivity contribution in [2.24, 2.45) is 11.7 Å². The number of halogens is 1. The summed E-state index contributed by atoms with van der Waals surface area (Å²) in [4.78, 5) is 14.7. The van der Waals surface area contributed by atoms with Crippen LogP contribution >= 0.6 is 0 Å². The van der Waals surface area contributed by atoms with Gasteiger partial charge in [-0.2, -0.15) is 0 Å². The van der Waals surface area contributed by atoms with Crippen molar-refractivity contribution in [3.8, 4) is 5.75 Å². The van der Waals surface area contributed by atoms with Crippen LogP contribution in [0.3, 0.4) is 0 Å². The Kier molecular flexibility index (Phi) is 5.34. The van der Waals surface area contributed by atoms with Gasteiger partial charge in [0.15, 0.2) is 0 Å². The first-order chi connectivity index (χ1) is 12.1. The molecule has 2 unspecified atom stereocenters. The Morgan fingerprint density at radius 3 is 2.80 bits per heavy atom. The van der Waals surface area contributed by atoms with Crippen LogP contribution in [0.5, 0.6) is 5.75 Å². The Hall–Kier alpha value is -2.40. The van der Waals surface area contributed by atoms with Crippen molar-refractivity contribution < 1.29 is 13.9 Å². The third kappa shape index (κ3) is 4.17. The highest BCUT2D eigenvalue weighted by Gasteiger charge is 2.32. The second-order valence-electron chi connectivity index (χ2n) is 6.59. The summed E-state index contributed by atoms with van der Waals surface area (Å²) in [5, 5.41) is 0. The molecule has 1 fully saturated rings. The Morgan fingerprint density at radius 1 is 1.28 bits per heavy atom. The van der Waals surface area contributed by atoms with Crippen molar-refractivity contribution in [2.45, 2.75) is 26.0 Å². The van der Waals surface area contributed by atoms with E-state index in [0.717, 1.165) is 12.0 Å². The standard InChI is InChI=1S/C20H23FN2O2/c1-14-8-16(11-22)12-23(14)20(24)17-5-2-4-15(9-17)13-25-19-7-3-6-18(21)10-19/h2-7,9-10,14,16H,8,11-13,22H2,1H3. The minimum absolute atomic E-state index is 0.0241. The number of benzene rings is 2. The van der Waals surface area contributed by atoms with Crippen molar-refractivity contribution in [1.29, 1.82) is 0 Å². The van der Waals surface area contributed by atoms with Crippen LogP contribution in [0.25, 0.3) is 0 Å². The van der Waals surface area contributed by atoms with Crippen LogP contribution in [0, 0.1) is 11.7 Å². The topological polar surface area (TPSA) is 55.6 Å². The predicted octanol–water partition coefficient (Wildman–Crippen LogP) is 3.21. The molecular weight excluding hydrogens is 319 g/mol. The van der Waals surface area contributed by atoms with Crippen LogP contribution in [0.2, 0.25) is 0 Å². The maximum atomic E-state index is 13.2. The minimum atomic E-state index is -0.334. The number of likely N-dealkylation sites (tertiary alicyclic amines) is 1. The Bertz CT molecular complexity index is 750. The van der Waals surface area contributed by atoms with Gasteiger partial charge in [-0.3, -0.25) is 4.79 Å². The smallest absolute Gasteiger partial charge is 0.254 e. The van der Waals surface area contributed by atoms with E-state index in [1.807, 2.05) is 29.2 Å². The summed E-state index contributed by atoms with van der Waals surface area (Å²) in [5.74, 6) is 0.532. The van der Waals surface area contributed by atoms with Gasteiger partial charge in [0.05, 0.1) is 0 Å². The highest BCUT2D eigenvalue weighted by molar-refractivity contribution is 5.94. The largest absolute Gasteiger partial charge is 0.489 e. The number of hydrogen-bond donors (Lipinski definition) is 1. The molecule has 25 heavy (non-hydrogen) atoms. The van der Waals surface area contributed by atoms with Gasteiger partial charge in [-0.15, -0.1) is 0 Å². The molecule has 2 aromatic rings. The van der Waals surface area contributed by atoms with Gasteiger partial charge < -0.3 is 15.4 Å². The molecule has 1 aliphatic heterocycles. The van der Waals surface area contributed by atoms with Crippen molar-refractivity contribution in [2.75, 3.05) is 13.1 Å². The van der Waals surface area contributed by atoms with E-state index < -0.39 is 0 Å². The van der Waals surface area contributed by atoms with E-state index >= 15 is 0 Å². The SMILES string of the molecule is CC1CC(CN)CN1C(=O)c1cccc(COc2cccc(F)c2)c1. The third-order valence-electron chi connectivity index (χ3n) is 4.63. The van der Waals surface area contributed by atoms with E-state index in [4.69, 9.17) is 10.5 Å². The van der Waals surface area contributed by atoms with Crippen LogP contribution in [0.15, 0.2) is 48.5 Å². The molecule has 2 N–H and O–H groups in total. The fourth-order valence-electron chi connectivity index (χ4n) is 3.28. The molecular formula is C20H23FN2O2. The zero-order chi connectivity index (χ0) is 17.8. The number of rotatable bonds is 5. The number of ether oxygens (including phenoxy) is 1. The number of hydrogen-bond acceptors (Lipinski definition) is 3. The molecule has 1 saturated heterocycles. The van der Waals surface area contributed by atoms with E-state index in [2.05, 4.69) is 6.92 Å². The third-order valence-corrected chi connectivity index (χ3v) is 4.63. The molecule has 0 aromatic heterocycles. The summed E-state index contributed by atoms with van der Waals surface area (Å²) in [7, 11) is 0. The van der Waals surface area contributed by atoms with Crippen molar-refractivity contribution in [1.82, 2.24) is 4.90 Å². The molecule has 0 bridgehead atoms. The number of carbonyl (C=O) groups excluding carboxylic acids is 1. The van der Waals surface area contributed by atoms with E-state index in [-0.39, 0.29) is 24.4 Å². The molecule has 2 atom stereocenters. The lowest BCUT2D eigenvalue weighted by Gasteiger charge is -2.22. The normalized spacial score (nSPS) is 19.9. The van der Waals surface area contributed by atoms with Crippen LogP contribution in [-0.2, 0) is 6.61 Å². The van der Waals surface area contributed by atoms with Crippen molar-refractivity contribution >= 4 is 5.91 Å².